The van der Waals surface area contributed by atoms with Gasteiger partial charge in [0.1, 0.15) is 0 Å². The first kappa shape index (κ1) is 20.5. The summed E-state index contributed by atoms with van der Waals surface area (Å²) in [5.41, 5.74) is 1.92. The molecule has 3 rings (SSSR count). The van der Waals surface area contributed by atoms with Crippen LogP contribution in [0.4, 0.5) is 11.4 Å². The van der Waals surface area contributed by atoms with Crippen LogP contribution in [0.2, 0.25) is 0 Å². The maximum atomic E-state index is 12.7. The van der Waals surface area contributed by atoms with E-state index in [-0.39, 0.29) is 16.9 Å². The molecule has 6 heteroatoms. The lowest BCUT2D eigenvalue weighted by molar-refractivity contribution is -0.116. The van der Waals surface area contributed by atoms with Crippen LogP contribution in [0.5, 0.6) is 0 Å². The largest absolute Gasteiger partial charge is 0.332 e. The summed E-state index contributed by atoms with van der Waals surface area (Å²) in [7, 11) is 0. The van der Waals surface area contributed by atoms with Gasteiger partial charge in [-0.05, 0) is 53.7 Å². The minimum atomic E-state index is -0.275. The minimum absolute atomic E-state index is 0.0177. The fourth-order valence-electron chi connectivity index (χ4n) is 2.99. The zero-order valence-corrected chi connectivity index (χ0v) is 17.0. The maximum Gasteiger partial charge on any atom is 0.258 e. The molecular formula is C23H23N3O2S. The van der Waals surface area contributed by atoms with E-state index in [4.69, 9.17) is 12.2 Å². The maximum absolute atomic E-state index is 12.7. The third-order valence-electron chi connectivity index (χ3n) is 4.42. The molecule has 148 valence electrons. The predicted molar refractivity (Wildman–Crippen MR) is 122 cm³/mol. The number of hydrogen-bond acceptors (Lipinski definition) is 3. The second-order valence-electron chi connectivity index (χ2n) is 6.67. The Kier molecular flexibility index (Phi) is 6.92. The average Bonchev–Trinajstić information content (AvgIpc) is 2.72. The van der Waals surface area contributed by atoms with Crippen molar-refractivity contribution >= 4 is 51.3 Å². The summed E-state index contributed by atoms with van der Waals surface area (Å²) >= 11 is 5.29. The van der Waals surface area contributed by atoms with E-state index in [0.29, 0.717) is 23.4 Å². The Bertz CT molecular complexity index is 1040. The number of fused-ring (bicyclic) bond motifs is 1. The fourth-order valence-corrected chi connectivity index (χ4v) is 3.20. The van der Waals surface area contributed by atoms with E-state index in [1.54, 1.807) is 12.1 Å². The highest BCUT2D eigenvalue weighted by Crippen LogP contribution is 2.19. The summed E-state index contributed by atoms with van der Waals surface area (Å²) in [6, 6.07) is 20.5. The smallest absolute Gasteiger partial charge is 0.258 e. The van der Waals surface area contributed by atoms with Crippen molar-refractivity contribution in [3.05, 3.63) is 72.3 Å². The lowest BCUT2D eigenvalue weighted by atomic mass is 10.0. The lowest BCUT2D eigenvalue weighted by Crippen LogP contribution is -2.34. The van der Waals surface area contributed by atoms with E-state index in [9.17, 15) is 9.59 Å². The standard InChI is InChI=1S/C23H23N3O2S/c1-2-3-14-21(27)24-17-10-7-11-18(15-17)25-23(29)26-22(28)20-13-6-9-16-8-4-5-12-19(16)20/h4-13,15H,2-3,14H2,1H3,(H,24,27)(H2,25,26,28,29). The Morgan fingerprint density at radius 3 is 2.38 bits per heavy atom. The van der Waals surface area contributed by atoms with Crippen molar-refractivity contribution in [3.63, 3.8) is 0 Å². The van der Waals surface area contributed by atoms with Crippen LogP contribution in [-0.4, -0.2) is 16.9 Å². The number of benzene rings is 3. The van der Waals surface area contributed by atoms with Gasteiger partial charge in [-0.25, -0.2) is 0 Å². The molecule has 3 aromatic carbocycles. The van der Waals surface area contributed by atoms with Crippen molar-refractivity contribution in [2.24, 2.45) is 0 Å². The summed E-state index contributed by atoms with van der Waals surface area (Å²) in [6.45, 7) is 2.05. The monoisotopic (exact) mass is 405 g/mol. The van der Waals surface area contributed by atoms with Crippen LogP contribution < -0.4 is 16.0 Å². The van der Waals surface area contributed by atoms with Gasteiger partial charge in [-0.2, -0.15) is 0 Å². The molecule has 0 saturated heterocycles. The second kappa shape index (κ2) is 9.80. The van der Waals surface area contributed by atoms with Crippen molar-refractivity contribution in [2.45, 2.75) is 26.2 Å². The Balaban J connectivity index is 1.64. The number of nitrogens with one attached hydrogen (secondary N) is 3. The molecule has 0 saturated carbocycles. The predicted octanol–water partition coefficient (Wildman–Crippen LogP) is 5.10. The highest BCUT2D eigenvalue weighted by Gasteiger charge is 2.11. The third kappa shape index (κ3) is 5.62. The van der Waals surface area contributed by atoms with E-state index in [2.05, 4.69) is 16.0 Å². The molecule has 0 aliphatic heterocycles. The van der Waals surface area contributed by atoms with E-state index in [1.807, 2.05) is 61.5 Å². The normalized spacial score (nSPS) is 10.4. The van der Waals surface area contributed by atoms with Crippen molar-refractivity contribution in [1.29, 1.82) is 0 Å². The van der Waals surface area contributed by atoms with E-state index >= 15 is 0 Å². The van der Waals surface area contributed by atoms with Gasteiger partial charge in [-0.3, -0.25) is 14.9 Å². The first-order chi connectivity index (χ1) is 14.1. The zero-order chi connectivity index (χ0) is 20.6. The van der Waals surface area contributed by atoms with Crippen molar-refractivity contribution in [1.82, 2.24) is 5.32 Å². The topological polar surface area (TPSA) is 70.2 Å². The highest BCUT2D eigenvalue weighted by molar-refractivity contribution is 7.80. The van der Waals surface area contributed by atoms with Gasteiger partial charge in [0.05, 0.1) is 0 Å². The molecule has 0 fully saturated rings. The second-order valence-corrected chi connectivity index (χ2v) is 7.08. The molecule has 0 heterocycles. The van der Waals surface area contributed by atoms with Crippen LogP contribution in [0.25, 0.3) is 10.8 Å². The quantitative estimate of drug-likeness (QED) is 0.499. The van der Waals surface area contributed by atoms with Gasteiger partial charge in [-0.15, -0.1) is 0 Å². The van der Waals surface area contributed by atoms with Gasteiger partial charge in [0, 0.05) is 23.4 Å². The third-order valence-corrected chi connectivity index (χ3v) is 4.63. The van der Waals surface area contributed by atoms with Crippen LogP contribution in [0.1, 0.15) is 36.5 Å². The molecule has 0 aliphatic carbocycles. The number of rotatable bonds is 6. The van der Waals surface area contributed by atoms with Gasteiger partial charge >= 0.3 is 0 Å². The van der Waals surface area contributed by atoms with E-state index in [0.717, 1.165) is 23.6 Å². The summed E-state index contributed by atoms with van der Waals surface area (Å²) < 4.78 is 0. The molecule has 0 unspecified atom stereocenters. The summed E-state index contributed by atoms with van der Waals surface area (Å²) in [5.74, 6) is -0.292. The van der Waals surface area contributed by atoms with Crippen molar-refractivity contribution < 1.29 is 9.59 Å². The van der Waals surface area contributed by atoms with Gasteiger partial charge < -0.3 is 10.6 Å². The Labute approximate surface area is 175 Å². The molecule has 0 aromatic heterocycles. The van der Waals surface area contributed by atoms with Gasteiger partial charge in [0.25, 0.3) is 5.91 Å². The molecule has 3 aromatic rings. The Hall–Kier alpha value is -3.25. The average molecular weight is 406 g/mol. The highest BCUT2D eigenvalue weighted by atomic mass is 32.1. The lowest BCUT2D eigenvalue weighted by Gasteiger charge is -2.12. The van der Waals surface area contributed by atoms with Crippen LogP contribution in [0.3, 0.4) is 0 Å². The molecule has 29 heavy (non-hydrogen) atoms. The fraction of sp³-hybridized carbons (Fsp3) is 0.174. The van der Waals surface area contributed by atoms with Crippen LogP contribution in [0, 0.1) is 0 Å². The van der Waals surface area contributed by atoms with Gasteiger partial charge in [-0.1, -0.05) is 55.8 Å². The number of unbranched alkanes of at least 4 members (excludes halogenated alkanes) is 1. The number of anilines is 2. The zero-order valence-electron chi connectivity index (χ0n) is 16.2. The SMILES string of the molecule is CCCCC(=O)Nc1cccc(NC(=S)NC(=O)c2cccc3ccccc23)c1. The molecule has 5 nitrogen and oxygen atoms in total. The number of thiocarbonyl (C=S) groups is 1. The number of carbonyl (C=O) groups excluding carboxylic acids is 2. The number of carbonyl (C=O) groups is 2. The van der Waals surface area contributed by atoms with Crippen LogP contribution in [0.15, 0.2) is 66.7 Å². The Morgan fingerprint density at radius 2 is 1.59 bits per heavy atom. The Morgan fingerprint density at radius 1 is 0.897 bits per heavy atom. The molecule has 0 atom stereocenters. The molecule has 0 spiro atoms. The van der Waals surface area contributed by atoms with E-state index < -0.39 is 0 Å². The molecule has 2 amide bonds. The molecule has 0 aliphatic rings. The first-order valence-electron chi connectivity index (χ1n) is 9.57. The van der Waals surface area contributed by atoms with Crippen LogP contribution in [-0.2, 0) is 4.79 Å². The minimum Gasteiger partial charge on any atom is -0.332 e. The summed E-state index contributed by atoms with van der Waals surface area (Å²) in [6.07, 6.45) is 2.32. The molecule has 0 radical (unpaired) electrons. The van der Waals surface area contributed by atoms with Crippen molar-refractivity contribution in [3.8, 4) is 0 Å². The van der Waals surface area contributed by atoms with Crippen molar-refractivity contribution in [2.75, 3.05) is 10.6 Å². The molecule has 0 bridgehead atoms. The number of hydrogen-bond donors (Lipinski definition) is 3. The van der Waals surface area contributed by atoms with Gasteiger partial charge in [0.15, 0.2) is 5.11 Å². The first-order valence-corrected chi connectivity index (χ1v) is 9.97. The summed E-state index contributed by atoms with van der Waals surface area (Å²) in [4.78, 5) is 24.6. The van der Waals surface area contributed by atoms with Crippen LogP contribution >= 0.6 is 12.2 Å². The van der Waals surface area contributed by atoms with Gasteiger partial charge in [0.2, 0.25) is 5.91 Å². The number of amides is 2. The van der Waals surface area contributed by atoms with E-state index in [1.165, 1.54) is 0 Å². The molecule has 3 N–H and O–H groups in total. The molecular weight excluding hydrogens is 382 g/mol. The summed E-state index contributed by atoms with van der Waals surface area (Å²) in [5, 5.41) is 10.6.